The topological polar surface area (TPSA) is 21.1 Å². The summed E-state index contributed by atoms with van der Waals surface area (Å²) in [6.07, 6.45) is 0.820. The molecule has 0 atom stereocenters. The molecule has 0 spiro atoms. The number of hydrogen-bond donors (Lipinski definition) is 0. The zero-order valence-electron chi connectivity index (χ0n) is 10.7. The van der Waals surface area contributed by atoms with Gasteiger partial charge in [-0.3, -0.25) is 0 Å². The molecule has 0 bridgehead atoms. The number of likely N-dealkylation sites (N-methyl/N-ethyl adjacent to an activating group) is 1. The molecule has 0 amide bonds. The number of alkyl halides is 1. The predicted octanol–water partition coefficient (Wildman–Crippen LogP) is 2.98. The fourth-order valence-corrected chi connectivity index (χ4v) is 2.62. The van der Waals surface area contributed by atoms with Crippen LogP contribution in [0.1, 0.15) is 5.82 Å². The first-order valence-electron chi connectivity index (χ1n) is 5.97. The SMILES string of the molecule is CN(C)CCn1c(CCCl)nc2cc(I)ccc21. The smallest absolute Gasteiger partial charge is 0.111 e. The van der Waals surface area contributed by atoms with Crippen molar-refractivity contribution in [1.82, 2.24) is 14.5 Å². The molecule has 1 aromatic carbocycles. The van der Waals surface area contributed by atoms with Gasteiger partial charge in [-0.2, -0.15) is 0 Å². The maximum atomic E-state index is 5.86. The van der Waals surface area contributed by atoms with Gasteiger partial charge in [-0.25, -0.2) is 4.98 Å². The van der Waals surface area contributed by atoms with E-state index in [9.17, 15) is 0 Å². The van der Waals surface area contributed by atoms with Crippen molar-refractivity contribution in [3.63, 3.8) is 0 Å². The minimum absolute atomic E-state index is 0.613. The number of fused-ring (bicyclic) bond motifs is 1. The van der Waals surface area contributed by atoms with E-state index in [4.69, 9.17) is 16.6 Å². The van der Waals surface area contributed by atoms with Crippen LogP contribution in [-0.4, -0.2) is 41.0 Å². The third-order valence-corrected chi connectivity index (χ3v) is 3.74. The highest BCUT2D eigenvalue weighted by atomic mass is 127. The Labute approximate surface area is 126 Å². The summed E-state index contributed by atoms with van der Waals surface area (Å²) in [5.74, 6) is 1.70. The summed E-state index contributed by atoms with van der Waals surface area (Å²) in [5, 5.41) is 0. The molecule has 0 N–H and O–H groups in total. The Balaban J connectivity index is 2.41. The molecule has 5 heteroatoms. The van der Waals surface area contributed by atoms with Gasteiger partial charge in [0, 0.05) is 29.0 Å². The van der Waals surface area contributed by atoms with E-state index in [1.165, 1.54) is 9.09 Å². The summed E-state index contributed by atoms with van der Waals surface area (Å²) >= 11 is 8.18. The van der Waals surface area contributed by atoms with Crippen molar-refractivity contribution in [1.29, 1.82) is 0 Å². The number of nitrogens with zero attached hydrogens (tertiary/aromatic N) is 3. The van der Waals surface area contributed by atoms with Gasteiger partial charge in [-0.1, -0.05) is 0 Å². The molecule has 98 valence electrons. The van der Waals surface area contributed by atoms with E-state index in [1.807, 2.05) is 0 Å². The Kier molecular flexibility index (Phi) is 4.86. The number of aryl methyl sites for hydroxylation is 1. The van der Waals surface area contributed by atoms with Crippen LogP contribution in [0.25, 0.3) is 11.0 Å². The third-order valence-electron chi connectivity index (χ3n) is 2.88. The summed E-state index contributed by atoms with van der Waals surface area (Å²) in [7, 11) is 4.17. The van der Waals surface area contributed by atoms with Crippen LogP contribution in [0.15, 0.2) is 18.2 Å². The van der Waals surface area contributed by atoms with Crippen LogP contribution in [0, 0.1) is 3.57 Å². The number of aromatic nitrogens is 2. The van der Waals surface area contributed by atoms with Gasteiger partial charge in [0.25, 0.3) is 0 Å². The monoisotopic (exact) mass is 377 g/mol. The van der Waals surface area contributed by atoms with Gasteiger partial charge in [0.1, 0.15) is 5.82 Å². The third kappa shape index (κ3) is 3.16. The van der Waals surface area contributed by atoms with Crippen molar-refractivity contribution in [2.75, 3.05) is 26.5 Å². The highest BCUT2D eigenvalue weighted by Gasteiger charge is 2.10. The van der Waals surface area contributed by atoms with Crippen molar-refractivity contribution in [2.45, 2.75) is 13.0 Å². The Morgan fingerprint density at radius 3 is 2.83 bits per heavy atom. The Hall–Kier alpha value is -0.330. The van der Waals surface area contributed by atoms with Gasteiger partial charge < -0.3 is 9.47 Å². The minimum Gasteiger partial charge on any atom is -0.327 e. The van der Waals surface area contributed by atoms with Gasteiger partial charge >= 0.3 is 0 Å². The highest BCUT2D eigenvalue weighted by molar-refractivity contribution is 14.1. The first-order valence-corrected chi connectivity index (χ1v) is 7.58. The number of imidazole rings is 1. The molecule has 1 heterocycles. The molecular formula is C13H17ClIN3. The molecule has 0 saturated heterocycles. The maximum absolute atomic E-state index is 5.86. The molecule has 1 aromatic heterocycles. The van der Waals surface area contributed by atoms with Crippen LogP contribution in [0.3, 0.4) is 0 Å². The molecule has 0 aliphatic carbocycles. The lowest BCUT2D eigenvalue weighted by Crippen LogP contribution is -2.19. The molecule has 2 aromatic rings. The fraction of sp³-hybridized carbons (Fsp3) is 0.462. The number of rotatable bonds is 5. The average molecular weight is 378 g/mol. The predicted molar refractivity (Wildman–Crippen MR) is 85.4 cm³/mol. The summed E-state index contributed by atoms with van der Waals surface area (Å²) in [4.78, 5) is 6.88. The second kappa shape index (κ2) is 6.21. The van der Waals surface area contributed by atoms with Crippen LogP contribution in [0.2, 0.25) is 0 Å². The van der Waals surface area contributed by atoms with Crippen molar-refractivity contribution >= 4 is 45.2 Å². The standard InChI is InChI=1S/C13H17ClIN3/c1-17(2)7-8-18-12-4-3-10(15)9-11(12)16-13(18)5-6-14/h3-4,9H,5-8H2,1-2H3. The van der Waals surface area contributed by atoms with E-state index in [1.54, 1.807) is 0 Å². The quantitative estimate of drug-likeness (QED) is 0.590. The molecule has 2 rings (SSSR count). The van der Waals surface area contributed by atoms with Gasteiger partial charge in [0.05, 0.1) is 11.0 Å². The lowest BCUT2D eigenvalue weighted by Gasteiger charge is -2.13. The average Bonchev–Trinajstić information content (AvgIpc) is 2.63. The van der Waals surface area contributed by atoms with Crippen LogP contribution in [-0.2, 0) is 13.0 Å². The number of hydrogen-bond acceptors (Lipinski definition) is 2. The first kappa shape index (κ1) is 14.1. The molecule has 0 fully saturated rings. The van der Waals surface area contributed by atoms with E-state index in [-0.39, 0.29) is 0 Å². The fourth-order valence-electron chi connectivity index (χ4n) is 1.98. The maximum Gasteiger partial charge on any atom is 0.111 e. The highest BCUT2D eigenvalue weighted by Crippen LogP contribution is 2.19. The minimum atomic E-state index is 0.613. The summed E-state index contributed by atoms with van der Waals surface area (Å²) in [5.41, 5.74) is 2.28. The van der Waals surface area contributed by atoms with Crippen molar-refractivity contribution < 1.29 is 0 Å². The Morgan fingerprint density at radius 2 is 2.17 bits per heavy atom. The Bertz CT molecular complexity index is 536. The van der Waals surface area contributed by atoms with E-state index < -0.39 is 0 Å². The van der Waals surface area contributed by atoms with Gasteiger partial charge in [0.2, 0.25) is 0 Å². The van der Waals surface area contributed by atoms with E-state index in [0.717, 1.165) is 30.9 Å². The summed E-state index contributed by atoms with van der Waals surface area (Å²) in [6, 6.07) is 6.40. The first-order chi connectivity index (χ1) is 8.61. The van der Waals surface area contributed by atoms with Crippen molar-refractivity contribution in [3.8, 4) is 0 Å². The van der Waals surface area contributed by atoms with E-state index in [0.29, 0.717) is 5.88 Å². The number of halogens is 2. The van der Waals surface area contributed by atoms with Gasteiger partial charge in [-0.15, -0.1) is 11.6 Å². The van der Waals surface area contributed by atoms with Crippen molar-refractivity contribution in [2.24, 2.45) is 0 Å². The molecule has 0 saturated carbocycles. The second-order valence-corrected chi connectivity index (χ2v) is 6.18. The molecule has 0 aliphatic heterocycles. The van der Waals surface area contributed by atoms with Gasteiger partial charge in [-0.05, 0) is 54.9 Å². The lowest BCUT2D eigenvalue weighted by atomic mass is 10.3. The normalized spacial score (nSPS) is 11.6. The van der Waals surface area contributed by atoms with Crippen LogP contribution >= 0.6 is 34.2 Å². The molecule has 3 nitrogen and oxygen atoms in total. The van der Waals surface area contributed by atoms with Crippen LogP contribution in [0.5, 0.6) is 0 Å². The largest absolute Gasteiger partial charge is 0.327 e. The summed E-state index contributed by atoms with van der Waals surface area (Å²) < 4.78 is 3.50. The van der Waals surface area contributed by atoms with Gasteiger partial charge in [0.15, 0.2) is 0 Å². The lowest BCUT2D eigenvalue weighted by molar-refractivity contribution is 0.383. The zero-order chi connectivity index (χ0) is 13.1. The van der Waals surface area contributed by atoms with E-state index >= 15 is 0 Å². The number of benzene rings is 1. The Morgan fingerprint density at radius 1 is 1.39 bits per heavy atom. The molecule has 0 aliphatic rings. The summed E-state index contributed by atoms with van der Waals surface area (Å²) in [6.45, 7) is 1.96. The van der Waals surface area contributed by atoms with Crippen molar-refractivity contribution in [3.05, 3.63) is 27.6 Å². The molecular weight excluding hydrogens is 361 g/mol. The van der Waals surface area contributed by atoms with Crippen LogP contribution in [0.4, 0.5) is 0 Å². The van der Waals surface area contributed by atoms with Crippen LogP contribution < -0.4 is 0 Å². The molecule has 18 heavy (non-hydrogen) atoms. The molecule has 0 unspecified atom stereocenters. The zero-order valence-corrected chi connectivity index (χ0v) is 13.6. The molecule has 0 radical (unpaired) electrons. The van der Waals surface area contributed by atoms with E-state index in [2.05, 4.69) is 64.4 Å². The second-order valence-electron chi connectivity index (χ2n) is 4.55.